The van der Waals surface area contributed by atoms with E-state index in [9.17, 15) is 0 Å². The first-order valence-corrected chi connectivity index (χ1v) is 7.70. The van der Waals surface area contributed by atoms with Gasteiger partial charge in [-0.15, -0.1) is 0 Å². The van der Waals surface area contributed by atoms with E-state index in [4.69, 9.17) is 22.1 Å². The van der Waals surface area contributed by atoms with Crippen LogP contribution in [-0.4, -0.2) is 5.60 Å². The zero-order valence-corrected chi connectivity index (χ0v) is 12.2. The Hall–Kier alpha value is -0.730. The van der Waals surface area contributed by atoms with Crippen molar-refractivity contribution in [2.45, 2.75) is 57.1 Å². The number of fused-ring (bicyclic) bond motifs is 1. The lowest BCUT2D eigenvalue weighted by molar-refractivity contribution is 0.0205. The molecule has 2 N–H and O–H groups in total. The second-order valence-corrected chi connectivity index (χ2v) is 6.75. The van der Waals surface area contributed by atoms with Crippen molar-refractivity contribution in [3.63, 3.8) is 0 Å². The van der Waals surface area contributed by atoms with Gasteiger partial charge in [0.25, 0.3) is 0 Å². The number of ether oxygens (including phenoxy) is 1. The van der Waals surface area contributed by atoms with Crippen LogP contribution in [0.4, 0.5) is 0 Å². The van der Waals surface area contributed by atoms with Gasteiger partial charge in [-0.2, -0.15) is 0 Å². The smallest absolute Gasteiger partial charge is 0.125 e. The number of hydrogen-bond acceptors (Lipinski definition) is 2. The number of halogens is 1. The Kier molecular flexibility index (Phi) is 3.48. The third-order valence-electron chi connectivity index (χ3n) is 4.71. The summed E-state index contributed by atoms with van der Waals surface area (Å²) in [4.78, 5) is 0. The molecule has 1 aliphatic carbocycles. The second kappa shape index (κ2) is 4.99. The number of benzene rings is 1. The maximum absolute atomic E-state index is 6.38. The highest BCUT2D eigenvalue weighted by Gasteiger charge is 2.40. The van der Waals surface area contributed by atoms with Gasteiger partial charge in [0.1, 0.15) is 11.4 Å². The largest absolute Gasteiger partial charge is 0.487 e. The van der Waals surface area contributed by atoms with Gasteiger partial charge in [0.15, 0.2) is 0 Å². The maximum Gasteiger partial charge on any atom is 0.125 e. The molecule has 1 aromatic carbocycles. The fraction of sp³-hybridized carbons (Fsp3) is 0.625. The molecule has 1 heterocycles. The van der Waals surface area contributed by atoms with E-state index in [2.05, 4.69) is 6.92 Å². The lowest BCUT2D eigenvalue weighted by atomic mass is 9.82. The first kappa shape index (κ1) is 13.3. The average Bonchev–Trinajstić information content (AvgIpc) is 2.54. The lowest BCUT2D eigenvalue weighted by Gasteiger charge is -2.41. The number of hydrogen-bond donors (Lipinski definition) is 1. The summed E-state index contributed by atoms with van der Waals surface area (Å²) in [6.07, 6.45) is 6.99. The van der Waals surface area contributed by atoms with E-state index < -0.39 is 0 Å². The zero-order chi connectivity index (χ0) is 13.5. The monoisotopic (exact) mass is 279 g/mol. The van der Waals surface area contributed by atoms with Crippen molar-refractivity contribution >= 4 is 11.6 Å². The molecule has 0 saturated heterocycles. The van der Waals surface area contributed by atoms with Crippen molar-refractivity contribution in [3.05, 3.63) is 28.8 Å². The summed E-state index contributed by atoms with van der Waals surface area (Å²) in [5, 5.41) is 0.739. The third kappa shape index (κ3) is 2.61. The minimum Gasteiger partial charge on any atom is -0.487 e. The molecule has 2 nitrogen and oxygen atoms in total. The molecule has 1 spiro atoms. The Labute approximate surface area is 120 Å². The van der Waals surface area contributed by atoms with Crippen LogP contribution in [0.5, 0.6) is 5.75 Å². The van der Waals surface area contributed by atoms with Crippen LogP contribution in [0.15, 0.2) is 18.2 Å². The van der Waals surface area contributed by atoms with Gasteiger partial charge in [-0.05, 0) is 49.8 Å². The predicted molar refractivity (Wildman–Crippen MR) is 78.6 cm³/mol. The van der Waals surface area contributed by atoms with Gasteiger partial charge in [-0.1, -0.05) is 24.9 Å². The average molecular weight is 280 g/mol. The second-order valence-electron chi connectivity index (χ2n) is 6.31. The lowest BCUT2D eigenvalue weighted by Crippen LogP contribution is -2.42. The van der Waals surface area contributed by atoms with Crippen LogP contribution >= 0.6 is 11.6 Å². The summed E-state index contributed by atoms with van der Waals surface area (Å²) in [6, 6.07) is 5.88. The minimum atomic E-state index is -0.0367. The van der Waals surface area contributed by atoms with Gasteiger partial charge in [-0.25, -0.2) is 0 Å². The van der Waals surface area contributed by atoms with Crippen LogP contribution in [0.3, 0.4) is 0 Å². The van der Waals surface area contributed by atoms with Gasteiger partial charge in [-0.3, -0.25) is 0 Å². The molecule has 2 aliphatic rings. The fourth-order valence-corrected chi connectivity index (χ4v) is 3.73. The Morgan fingerprint density at radius 2 is 2.16 bits per heavy atom. The molecule has 1 aromatic rings. The van der Waals surface area contributed by atoms with Crippen molar-refractivity contribution in [2.75, 3.05) is 0 Å². The molecule has 0 amide bonds. The van der Waals surface area contributed by atoms with Gasteiger partial charge in [0.05, 0.1) is 0 Å². The van der Waals surface area contributed by atoms with Crippen LogP contribution in [0.1, 0.15) is 57.1 Å². The quantitative estimate of drug-likeness (QED) is 0.761. The van der Waals surface area contributed by atoms with Crippen molar-refractivity contribution in [1.82, 2.24) is 0 Å². The van der Waals surface area contributed by atoms with E-state index in [0.29, 0.717) is 0 Å². The molecule has 1 fully saturated rings. The summed E-state index contributed by atoms with van der Waals surface area (Å²) >= 11 is 6.05. The fourth-order valence-electron chi connectivity index (χ4n) is 3.55. The Morgan fingerprint density at radius 3 is 3.00 bits per heavy atom. The van der Waals surface area contributed by atoms with Gasteiger partial charge in [0, 0.05) is 23.0 Å². The molecule has 1 saturated carbocycles. The van der Waals surface area contributed by atoms with Crippen molar-refractivity contribution in [3.8, 4) is 5.75 Å². The molecule has 0 bridgehead atoms. The summed E-state index contributed by atoms with van der Waals surface area (Å²) in [6.45, 7) is 2.34. The summed E-state index contributed by atoms with van der Waals surface area (Å²) in [5.41, 5.74) is 7.40. The van der Waals surface area contributed by atoms with Crippen molar-refractivity contribution in [1.29, 1.82) is 0 Å². The van der Waals surface area contributed by atoms with E-state index in [1.165, 1.54) is 19.3 Å². The first-order valence-electron chi connectivity index (χ1n) is 7.32. The van der Waals surface area contributed by atoms with Crippen LogP contribution < -0.4 is 10.5 Å². The normalized spacial score (nSPS) is 34.5. The van der Waals surface area contributed by atoms with E-state index >= 15 is 0 Å². The topological polar surface area (TPSA) is 35.2 Å². The highest BCUT2D eigenvalue weighted by molar-refractivity contribution is 6.30. The van der Waals surface area contributed by atoms with Crippen LogP contribution in [-0.2, 0) is 0 Å². The van der Waals surface area contributed by atoms with Crippen molar-refractivity contribution < 1.29 is 4.74 Å². The van der Waals surface area contributed by atoms with Gasteiger partial charge >= 0.3 is 0 Å². The molecule has 2 unspecified atom stereocenters. The zero-order valence-electron chi connectivity index (χ0n) is 11.5. The van der Waals surface area contributed by atoms with E-state index in [1.54, 1.807) is 0 Å². The minimum absolute atomic E-state index is 0.0367. The molecule has 0 aromatic heterocycles. The molecule has 3 heteroatoms. The highest BCUT2D eigenvalue weighted by Crippen LogP contribution is 2.45. The van der Waals surface area contributed by atoms with Crippen molar-refractivity contribution in [2.24, 2.45) is 11.7 Å². The molecular weight excluding hydrogens is 258 g/mol. The van der Waals surface area contributed by atoms with E-state index in [0.717, 1.165) is 41.5 Å². The van der Waals surface area contributed by atoms with Gasteiger partial charge in [0.2, 0.25) is 0 Å². The van der Waals surface area contributed by atoms with E-state index in [-0.39, 0.29) is 11.6 Å². The standard InChI is InChI=1S/C16H22ClNO/c1-11-3-2-7-16(8-6-11)10-14(18)13-9-12(17)4-5-15(13)19-16/h4-5,9,11,14H,2-3,6-8,10,18H2,1H3/t11?,14-,16?/m1/s1. The predicted octanol–water partition coefficient (Wildman–Crippen LogP) is 4.46. The summed E-state index contributed by atoms with van der Waals surface area (Å²) in [5.74, 6) is 1.75. The molecule has 104 valence electrons. The Bertz CT molecular complexity index is 476. The molecule has 0 radical (unpaired) electrons. The number of rotatable bonds is 0. The molecule has 1 aliphatic heterocycles. The molecule has 3 rings (SSSR count). The van der Waals surface area contributed by atoms with Crippen LogP contribution in [0, 0.1) is 5.92 Å². The summed E-state index contributed by atoms with van der Waals surface area (Å²) in [7, 11) is 0. The maximum atomic E-state index is 6.38. The number of nitrogens with two attached hydrogens (primary N) is 1. The molecule has 19 heavy (non-hydrogen) atoms. The SMILES string of the molecule is CC1CCCC2(CC1)C[C@@H](N)c1cc(Cl)ccc1O2. The van der Waals surface area contributed by atoms with Gasteiger partial charge < -0.3 is 10.5 Å². The molecular formula is C16H22ClNO. The van der Waals surface area contributed by atoms with Crippen LogP contribution in [0.2, 0.25) is 5.02 Å². The van der Waals surface area contributed by atoms with E-state index in [1.807, 2.05) is 18.2 Å². The Morgan fingerprint density at radius 1 is 1.32 bits per heavy atom. The molecule has 3 atom stereocenters. The van der Waals surface area contributed by atoms with Crippen LogP contribution in [0.25, 0.3) is 0 Å². The first-order chi connectivity index (χ1) is 9.08. The summed E-state index contributed by atoms with van der Waals surface area (Å²) < 4.78 is 6.38. The Balaban J connectivity index is 1.89. The third-order valence-corrected chi connectivity index (χ3v) is 4.95. The highest BCUT2D eigenvalue weighted by atomic mass is 35.5.